The van der Waals surface area contributed by atoms with Gasteiger partial charge >= 0.3 is 0 Å². The highest BCUT2D eigenvalue weighted by molar-refractivity contribution is 7.26. The zero-order valence-corrected chi connectivity index (χ0v) is 6.27. The van der Waals surface area contributed by atoms with Crippen molar-refractivity contribution in [2.75, 3.05) is 26.4 Å². The van der Waals surface area contributed by atoms with E-state index in [0.717, 1.165) is 0 Å². The Morgan fingerprint density at radius 3 is 1.78 bits per heavy atom. The van der Waals surface area contributed by atoms with Gasteiger partial charge in [0.25, 0.3) is 9.03 Å². The highest BCUT2D eigenvalue weighted by atomic mass is 31.1. The molecule has 0 aromatic carbocycles. The molecule has 0 aliphatic heterocycles. The van der Waals surface area contributed by atoms with E-state index in [2.05, 4.69) is 0 Å². The molecular weight excluding hydrogens is 143 g/mol. The molecule has 0 heterocycles. The third-order valence-corrected chi connectivity index (χ3v) is 1.30. The third-order valence-electron chi connectivity index (χ3n) is 0.554. The second-order valence-corrected chi connectivity index (χ2v) is 2.14. The van der Waals surface area contributed by atoms with E-state index in [1.54, 1.807) is 0 Å². The van der Waals surface area contributed by atoms with Gasteiger partial charge in [0, 0.05) is 0 Å². The molecule has 0 aliphatic carbocycles. The van der Waals surface area contributed by atoms with Gasteiger partial charge in [-0.15, -0.1) is 0 Å². The Balaban J connectivity index is 2.60. The van der Waals surface area contributed by atoms with Crippen LogP contribution in [0.2, 0.25) is 0 Å². The first-order valence-corrected chi connectivity index (χ1v) is 3.62. The minimum Gasteiger partial charge on any atom is -0.394 e. The normalized spacial score (nSPS) is 10.0. The Bertz CT molecular complexity index is 45.8. The van der Waals surface area contributed by atoms with Crippen molar-refractivity contribution in [3.05, 3.63) is 0 Å². The summed E-state index contributed by atoms with van der Waals surface area (Å²) in [6.07, 6.45) is 0. The summed E-state index contributed by atoms with van der Waals surface area (Å²) in [5.74, 6) is 0. The molecule has 0 aliphatic rings. The van der Waals surface area contributed by atoms with Gasteiger partial charge in [-0.2, -0.15) is 0 Å². The molecule has 0 fully saturated rings. The predicted octanol–water partition coefficient (Wildman–Crippen LogP) is -0.755. The molecule has 0 aromatic heterocycles. The Morgan fingerprint density at radius 1 is 1.00 bits per heavy atom. The second-order valence-electron chi connectivity index (χ2n) is 1.29. The summed E-state index contributed by atoms with van der Waals surface area (Å²) in [6, 6.07) is 0. The summed E-state index contributed by atoms with van der Waals surface area (Å²) in [5.41, 5.74) is 0. The molecule has 0 saturated heterocycles. The quantitative estimate of drug-likeness (QED) is 0.391. The van der Waals surface area contributed by atoms with Crippen LogP contribution >= 0.6 is 9.03 Å². The van der Waals surface area contributed by atoms with Gasteiger partial charge in [-0.1, -0.05) is 0 Å². The fourth-order valence-electron chi connectivity index (χ4n) is 0.250. The fraction of sp³-hybridized carbons (Fsp3) is 1.00. The Morgan fingerprint density at radius 2 is 1.44 bits per heavy atom. The van der Waals surface area contributed by atoms with Crippen LogP contribution in [0.15, 0.2) is 0 Å². The number of aliphatic hydroxyl groups excluding tert-OH is 2. The Labute approximate surface area is 55.7 Å². The summed E-state index contributed by atoms with van der Waals surface area (Å²) >= 11 is 0. The molecule has 9 heavy (non-hydrogen) atoms. The lowest BCUT2D eigenvalue weighted by molar-refractivity contribution is 0.173. The Kier molecular flexibility index (Phi) is 8.52. The van der Waals surface area contributed by atoms with E-state index in [4.69, 9.17) is 19.3 Å². The van der Waals surface area contributed by atoms with Crippen LogP contribution in [0.5, 0.6) is 0 Å². The predicted molar refractivity (Wildman–Crippen MR) is 35.8 cm³/mol. The van der Waals surface area contributed by atoms with E-state index in [1.165, 1.54) is 0 Å². The molecule has 2 N–H and O–H groups in total. The molecule has 0 unspecified atom stereocenters. The highest BCUT2D eigenvalue weighted by Crippen LogP contribution is 2.11. The molecule has 0 atom stereocenters. The van der Waals surface area contributed by atoms with Gasteiger partial charge in [0.1, 0.15) is 13.2 Å². The van der Waals surface area contributed by atoms with Crippen molar-refractivity contribution >= 4 is 9.03 Å². The summed E-state index contributed by atoms with van der Waals surface area (Å²) in [7, 11) is -0.502. The number of aliphatic hydroxyl groups is 2. The average molecular weight is 155 g/mol. The van der Waals surface area contributed by atoms with Crippen LogP contribution < -0.4 is 0 Å². The van der Waals surface area contributed by atoms with E-state index in [-0.39, 0.29) is 13.2 Å². The van der Waals surface area contributed by atoms with Gasteiger partial charge < -0.3 is 10.2 Å². The summed E-state index contributed by atoms with van der Waals surface area (Å²) in [6.45, 7) is 0.687. The van der Waals surface area contributed by atoms with Crippen molar-refractivity contribution in [3.63, 3.8) is 0 Å². The van der Waals surface area contributed by atoms with Gasteiger partial charge in [0.2, 0.25) is 0 Å². The van der Waals surface area contributed by atoms with Crippen LogP contribution in [-0.2, 0) is 9.05 Å². The monoisotopic (exact) mass is 155 g/mol. The molecule has 0 spiro atoms. The van der Waals surface area contributed by atoms with Gasteiger partial charge in [0.05, 0.1) is 13.2 Å². The molecule has 0 saturated carbocycles. The van der Waals surface area contributed by atoms with Gasteiger partial charge in [0.15, 0.2) is 0 Å². The Hall–Kier alpha value is 0.270. The molecule has 0 amide bonds. The summed E-state index contributed by atoms with van der Waals surface area (Å²) in [4.78, 5) is 0. The van der Waals surface area contributed by atoms with Crippen molar-refractivity contribution < 1.29 is 19.3 Å². The largest absolute Gasteiger partial charge is 0.394 e. The maximum Gasteiger partial charge on any atom is 0.251 e. The van der Waals surface area contributed by atoms with Crippen LogP contribution in [0.1, 0.15) is 0 Å². The van der Waals surface area contributed by atoms with Gasteiger partial charge in [-0.25, -0.2) is 9.05 Å². The molecule has 0 bridgehead atoms. The number of rotatable bonds is 6. The highest BCUT2D eigenvalue weighted by Gasteiger charge is 1.92. The zero-order valence-electron chi connectivity index (χ0n) is 5.12. The van der Waals surface area contributed by atoms with E-state index in [9.17, 15) is 0 Å². The van der Waals surface area contributed by atoms with Crippen LogP contribution in [0.3, 0.4) is 0 Å². The van der Waals surface area contributed by atoms with Gasteiger partial charge in [-0.3, -0.25) is 0 Å². The van der Waals surface area contributed by atoms with Crippen LogP contribution in [0, 0.1) is 0 Å². The fourth-order valence-corrected chi connectivity index (χ4v) is 0.749. The maximum absolute atomic E-state index is 8.21. The summed E-state index contributed by atoms with van der Waals surface area (Å²) < 4.78 is 9.57. The summed E-state index contributed by atoms with van der Waals surface area (Å²) in [5, 5.41) is 16.4. The van der Waals surface area contributed by atoms with E-state index in [1.807, 2.05) is 0 Å². The maximum atomic E-state index is 8.21. The zero-order chi connectivity index (χ0) is 6.95. The van der Waals surface area contributed by atoms with Crippen molar-refractivity contribution in [2.45, 2.75) is 0 Å². The standard InChI is InChI=1S/C4H12O4P/c5-1-3-7-9-8-4-2-6/h5-6H,1-4,9H2/q+1. The van der Waals surface area contributed by atoms with Gasteiger partial charge in [-0.05, 0) is 0 Å². The molecule has 5 heteroatoms. The van der Waals surface area contributed by atoms with E-state index in [0.29, 0.717) is 13.2 Å². The first-order valence-electron chi connectivity index (χ1n) is 2.68. The molecular formula is C4H12O4P+. The minimum atomic E-state index is -0.502. The number of hydrogen-bond acceptors (Lipinski definition) is 4. The topological polar surface area (TPSA) is 58.9 Å². The first-order chi connectivity index (χ1) is 4.41. The average Bonchev–Trinajstić information content (AvgIpc) is 1.89. The van der Waals surface area contributed by atoms with E-state index >= 15 is 0 Å². The molecule has 0 aromatic rings. The lowest BCUT2D eigenvalue weighted by atomic mass is 10.8. The number of hydrogen-bond donors (Lipinski definition) is 2. The van der Waals surface area contributed by atoms with Crippen LogP contribution in [0.25, 0.3) is 0 Å². The molecule has 56 valence electrons. The van der Waals surface area contributed by atoms with Crippen LogP contribution in [-0.4, -0.2) is 36.6 Å². The molecule has 0 radical (unpaired) electrons. The third kappa shape index (κ3) is 8.27. The van der Waals surface area contributed by atoms with Crippen molar-refractivity contribution in [1.82, 2.24) is 0 Å². The van der Waals surface area contributed by atoms with Crippen molar-refractivity contribution in [3.8, 4) is 0 Å². The second kappa shape index (κ2) is 8.27. The van der Waals surface area contributed by atoms with Crippen molar-refractivity contribution in [2.24, 2.45) is 0 Å². The van der Waals surface area contributed by atoms with E-state index < -0.39 is 9.03 Å². The van der Waals surface area contributed by atoms with Crippen molar-refractivity contribution in [1.29, 1.82) is 0 Å². The van der Waals surface area contributed by atoms with Crippen LogP contribution in [0.4, 0.5) is 0 Å². The lowest BCUT2D eigenvalue weighted by Gasteiger charge is -1.91. The SMILES string of the molecule is OCCO[PH2+]OCCO. The first kappa shape index (κ1) is 9.27. The smallest absolute Gasteiger partial charge is 0.251 e. The molecule has 0 rings (SSSR count). The minimum absolute atomic E-state index is 0.0233. The molecule has 4 nitrogen and oxygen atoms in total. The lowest BCUT2D eigenvalue weighted by Crippen LogP contribution is -1.94.